The predicted molar refractivity (Wildman–Crippen MR) is 116 cm³/mol. The first-order chi connectivity index (χ1) is 15.4. The third-order valence-corrected chi connectivity index (χ3v) is 6.16. The zero-order valence-electron chi connectivity index (χ0n) is 17.9. The average Bonchev–Trinajstić information content (AvgIpc) is 3.25. The highest BCUT2D eigenvalue weighted by Crippen LogP contribution is 2.31. The zero-order chi connectivity index (χ0) is 22.6. The van der Waals surface area contributed by atoms with E-state index in [0.717, 1.165) is 68.6 Å². The van der Waals surface area contributed by atoms with Crippen molar-refractivity contribution in [2.24, 2.45) is 0 Å². The summed E-state index contributed by atoms with van der Waals surface area (Å²) in [6, 6.07) is 8.51. The number of halogens is 3. The minimum atomic E-state index is -4.38. The van der Waals surface area contributed by atoms with Crippen LogP contribution in [0, 0.1) is 0 Å². The minimum Gasteiger partial charge on any atom is -0.377 e. The molecular weight excluding hydrogens is 419 g/mol. The Morgan fingerprint density at radius 1 is 1.22 bits per heavy atom. The SMILES string of the molecule is O=C[C@@H](c1ccc(C(F)(F)F)cc1)N1CC[C@@H](OCCCc2ccc3c(n2)NCCC3)C1. The molecule has 1 N–H and O–H groups in total. The van der Waals surface area contributed by atoms with Crippen molar-refractivity contribution >= 4 is 12.1 Å². The fourth-order valence-corrected chi connectivity index (χ4v) is 4.40. The Labute approximate surface area is 186 Å². The maximum absolute atomic E-state index is 12.8. The molecule has 0 saturated carbocycles. The van der Waals surface area contributed by atoms with Crippen LogP contribution in [0.25, 0.3) is 0 Å². The van der Waals surface area contributed by atoms with E-state index in [1.54, 1.807) is 0 Å². The van der Waals surface area contributed by atoms with E-state index in [0.29, 0.717) is 25.3 Å². The Kier molecular flexibility index (Phi) is 7.10. The van der Waals surface area contributed by atoms with Gasteiger partial charge in [0.05, 0.1) is 17.7 Å². The molecule has 0 unspecified atom stereocenters. The van der Waals surface area contributed by atoms with Gasteiger partial charge in [0.15, 0.2) is 0 Å². The van der Waals surface area contributed by atoms with E-state index in [1.807, 2.05) is 4.90 Å². The topological polar surface area (TPSA) is 54.5 Å². The highest BCUT2D eigenvalue weighted by molar-refractivity contribution is 5.61. The molecule has 0 bridgehead atoms. The van der Waals surface area contributed by atoms with Crippen molar-refractivity contribution < 1.29 is 22.7 Å². The monoisotopic (exact) mass is 447 g/mol. The third-order valence-electron chi connectivity index (χ3n) is 6.16. The van der Waals surface area contributed by atoms with Crippen molar-refractivity contribution in [2.45, 2.75) is 50.4 Å². The molecule has 2 aliphatic rings. The van der Waals surface area contributed by atoms with E-state index in [4.69, 9.17) is 9.72 Å². The maximum atomic E-state index is 12.8. The van der Waals surface area contributed by atoms with Gasteiger partial charge in [0.2, 0.25) is 0 Å². The smallest absolute Gasteiger partial charge is 0.377 e. The van der Waals surface area contributed by atoms with Crippen LogP contribution >= 0.6 is 0 Å². The van der Waals surface area contributed by atoms with Gasteiger partial charge in [-0.3, -0.25) is 4.90 Å². The quantitative estimate of drug-likeness (QED) is 0.480. The highest BCUT2D eigenvalue weighted by atomic mass is 19.4. The number of aryl methyl sites for hydroxylation is 2. The molecular formula is C24H28F3N3O2. The second-order valence-corrected chi connectivity index (χ2v) is 8.42. The number of likely N-dealkylation sites (tertiary alicyclic amines) is 1. The average molecular weight is 448 g/mol. The zero-order valence-corrected chi connectivity index (χ0v) is 17.9. The van der Waals surface area contributed by atoms with Crippen molar-refractivity contribution in [1.82, 2.24) is 9.88 Å². The van der Waals surface area contributed by atoms with Crippen molar-refractivity contribution in [3.63, 3.8) is 0 Å². The third kappa shape index (κ3) is 5.48. The molecule has 5 nitrogen and oxygen atoms in total. The van der Waals surface area contributed by atoms with Crippen LogP contribution in [0.1, 0.15) is 47.7 Å². The second kappa shape index (κ2) is 10.0. The molecule has 32 heavy (non-hydrogen) atoms. The maximum Gasteiger partial charge on any atom is 0.416 e. The molecule has 0 spiro atoms. The fourth-order valence-electron chi connectivity index (χ4n) is 4.40. The summed E-state index contributed by atoms with van der Waals surface area (Å²) in [5.74, 6) is 1.00. The molecule has 1 saturated heterocycles. The lowest BCUT2D eigenvalue weighted by Gasteiger charge is -2.23. The van der Waals surface area contributed by atoms with E-state index >= 15 is 0 Å². The van der Waals surface area contributed by atoms with Crippen LogP contribution in [0.3, 0.4) is 0 Å². The van der Waals surface area contributed by atoms with Gasteiger partial charge in [-0.1, -0.05) is 18.2 Å². The van der Waals surface area contributed by atoms with Crippen LogP contribution in [0.5, 0.6) is 0 Å². The van der Waals surface area contributed by atoms with Crippen LogP contribution in [-0.4, -0.2) is 48.5 Å². The first kappa shape index (κ1) is 22.7. The summed E-state index contributed by atoms with van der Waals surface area (Å²) in [5.41, 5.74) is 2.19. The van der Waals surface area contributed by atoms with E-state index in [1.165, 1.54) is 17.7 Å². The Hall–Kier alpha value is -2.45. The number of alkyl halides is 3. The molecule has 2 aromatic rings. The Morgan fingerprint density at radius 3 is 2.78 bits per heavy atom. The highest BCUT2D eigenvalue weighted by Gasteiger charge is 2.32. The summed E-state index contributed by atoms with van der Waals surface area (Å²) >= 11 is 0. The number of aromatic nitrogens is 1. The largest absolute Gasteiger partial charge is 0.416 e. The van der Waals surface area contributed by atoms with Gasteiger partial charge < -0.3 is 14.8 Å². The number of pyridine rings is 1. The molecule has 4 rings (SSSR count). The summed E-state index contributed by atoms with van der Waals surface area (Å²) in [6.07, 6.45) is 1.14. The Morgan fingerprint density at radius 2 is 2.03 bits per heavy atom. The molecule has 2 aliphatic heterocycles. The fraction of sp³-hybridized carbons (Fsp3) is 0.500. The number of rotatable bonds is 8. The molecule has 1 fully saturated rings. The van der Waals surface area contributed by atoms with Crippen LogP contribution in [0.4, 0.5) is 19.0 Å². The molecule has 172 valence electrons. The number of benzene rings is 1. The summed E-state index contributed by atoms with van der Waals surface area (Å²) in [6.45, 7) is 2.84. The Balaban J connectivity index is 1.24. The number of ether oxygens (including phenoxy) is 1. The van der Waals surface area contributed by atoms with E-state index in [9.17, 15) is 18.0 Å². The molecule has 0 radical (unpaired) electrons. The molecule has 0 amide bonds. The van der Waals surface area contributed by atoms with Gasteiger partial charge in [0.1, 0.15) is 12.1 Å². The number of nitrogens with zero attached hydrogens (tertiary/aromatic N) is 2. The first-order valence-electron chi connectivity index (χ1n) is 11.1. The molecule has 0 aliphatic carbocycles. The van der Waals surface area contributed by atoms with Gasteiger partial charge in [-0.25, -0.2) is 4.98 Å². The van der Waals surface area contributed by atoms with Gasteiger partial charge in [-0.15, -0.1) is 0 Å². The molecule has 8 heteroatoms. The van der Waals surface area contributed by atoms with Gasteiger partial charge in [-0.05, 0) is 61.4 Å². The van der Waals surface area contributed by atoms with Crippen molar-refractivity contribution in [3.8, 4) is 0 Å². The molecule has 3 heterocycles. The summed E-state index contributed by atoms with van der Waals surface area (Å²) in [5, 5.41) is 3.35. The lowest BCUT2D eigenvalue weighted by Crippen LogP contribution is -2.29. The van der Waals surface area contributed by atoms with Crippen molar-refractivity contribution in [2.75, 3.05) is 31.6 Å². The van der Waals surface area contributed by atoms with E-state index in [-0.39, 0.29) is 6.10 Å². The summed E-state index contributed by atoms with van der Waals surface area (Å²) < 4.78 is 44.4. The molecule has 1 aromatic carbocycles. The van der Waals surface area contributed by atoms with Crippen LogP contribution in [-0.2, 0) is 28.5 Å². The van der Waals surface area contributed by atoms with Gasteiger partial charge >= 0.3 is 6.18 Å². The Bertz CT molecular complexity index is 918. The van der Waals surface area contributed by atoms with E-state index < -0.39 is 17.8 Å². The predicted octanol–water partition coefficient (Wildman–Crippen LogP) is 4.42. The van der Waals surface area contributed by atoms with E-state index in [2.05, 4.69) is 17.4 Å². The first-order valence-corrected chi connectivity index (χ1v) is 11.1. The number of anilines is 1. The lowest BCUT2D eigenvalue weighted by atomic mass is 10.0. The summed E-state index contributed by atoms with van der Waals surface area (Å²) in [4.78, 5) is 18.4. The van der Waals surface area contributed by atoms with Crippen LogP contribution < -0.4 is 5.32 Å². The number of aldehydes is 1. The molecule has 2 atom stereocenters. The number of carbonyl (C=O) groups is 1. The lowest BCUT2D eigenvalue weighted by molar-refractivity contribution is -0.137. The number of carbonyl (C=O) groups excluding carboxylic acids is 1. The van der Waals surface area contributed by atoms with Gasteiger partial charge in [0, 0.05) is 31.9 Å². The van der Waals surface area contributed by atoms with Gasteiger partial charge in [0.25, 0.3) is 0 Å². The normalized spacial score (nSPS) is 19.9. The number of fused-ring (bicyclic) bond motifs is 1. The molecule has 1 aromatic heterocycles. The van der Waals surface area contributed by atoms with Crippen molar-refractivity contribution in [1.29, 1.82) is 0 Å². The number of nitrogens with one attached hydrogen (secondary N) is 1. The number of hydrogen-bond donors (Lipinski definition) is 1. The van der Waals surface area contributed by atoms with Crippen LogP contribution in [0.15, 0.2) is 36.4 Å². The van der Waals surface area contributed by atoms with Crippen molar-refractivity contribution in [3.05, 3.63) is 58.8 Å². The second-order valence-electron chi connectivity index (χ2n) is 8.42. The number of hydrogen-bond acceptors (Lipinski definition) is 5. The summed E-state index contributed by atoms with van der Waals surface area (Å²) in [7, 11) is 0. The minimum absolute atomic E-state index is 0.0186. The standard InChI is InChI=1S/C24H28F3N3O2/c25-24(26,27)19-8-5-17(6-9-19)22(16-31)30-13-11-21(15-30)32-14-2-4-20-10-7-18-3-1-12-28-23(18)29-20/h5-10,16,21-22H,1-4,11-15H2,(H,28,29)/t21-,22+/m1/s1. The van der Waals surface area contributed by atoms with Gasteiger partial charge in [-0.2, -0.15) is 13.2 Å². The van der Waals surface area contributed by atoms with Crippen LogP contribution in [0.2, 0.25) is 0 Å².